The van der Waals surface area contributed by atoms with Crippen molar-refractivity contribution in [2.45, 2.75) is 40.3 Å². The number of aryl methyl sites for hydroxylation is 1. The second kappa shape index (κ2) is 11.3. The van der Waals surface area contributed by atoms with Gasteiger partial charge in [0.2, 0.25) is 21.8 Å². The van der Waals surface area contributed by atoms with Gasteiger partial charge in [-0.05, 0) is 55.2 Å². The zero-order valence-corrected chi connectivity index (χ0v) is 20.5. The number of sulfonamides is 1. The minimum atomic E-state index is -3.77. The molecule has 0 heterocycles. The quantitative estimate of drug-likeness (QED) is 0.570. The standard InChI is InChI=1S/C24H32FN3O4S/c1-17(2)14-26-24(30)19(4)27(15-20-9-11-21(25)12-10-20)23(29)16-28(33(5,31)32)22-8-6-7-18(3)13-22/h6-13,17,19H,14-16H2,1-5H3,(H,26,30)/t19-/m1/s1. The number of carbonyl (C=O) groups excluding carboxylic acids is 2. The first kappa shape index (κ1) is 26.3. The third kappa shape index (κ3) is 7.85. The Kier molecular flexibility index (Phi) is 8.99. The fourth-order valence-electron chi connectivity index (χ4n) is 3.22. The summed E-state index contributed by atoms with van der Waals surface area (Å²) in [5.41, 5.74) is 1.83. The van der Waals surface area contributed by atoms with Gasteiger partial charge in [0.1, 0.15) is 18.4 Å². The lowest BCUT2D eigenvalue weighted by atomic mass is 10.1. The monoisotopic (exact) mass is 477 g/mol. The number of halogens is 1. The van der Waals surface area contributed by atoms with E-state index < -0.39 is 34.3 Å². The normalized spacial score (nSPS) is 12.3. The molecule has 7 nitrogen and oxygen atoms in total. The summed E-state index contributed by atoms with van der Waals surface area (Å²) in [6, 6.07) is 11.6. The second-order valence-electron chi connectivity index (χ2n) is 8.57. The van der Waals surface area contributed by atoms with Gasteiger partial charge in [0.15, 0.2) is 0 Å². The smallest absolute Gasteiger partial charge is 0.244 e. The summed E-state index contributed by atoms with van der Waals surface area (Å²) in [6.07, 6.45) is 1.03. The molecule has 2 aromatic rings. The molecule has 0 aliphatic carbocycles. The number of anilines is 1. The van der Waals surface area contributed by atoms with E-state index in [4.69, 9.17) is 0 Å². The van der Waals surface area contributed by atoms with E-state index in [1.54, 1.807) is 25.1 Å². The Morgan fingerprint density at radius 2 is 1.70 bits per heavy atom. The Morgan fingerprint density at radius 3 is 2.24 bits per heavy atom. The number of carbonyl (C=O) groups is 2. The number of rotatable bonds is 10. The van der Waals surface area contributed by atoms with E-state index in [0.29, 0.717) is 17.8 Å². The van der Waals surface area contributed by atoms with Crippen LogP contribution in [-0.4, -0.2) is 50.5 Å². The van der Waals surface area contributed by atoms with Gasteiger partial charge in [0.25, 0.3) is 0 Å². The first-order valence-electron chi connectivity index (χ1n) is 10.7. The third-order valence-electron chi connectivity index (χ3n) is 5.09. The molecule has 0 spiro atoms. The van der Waals surface area contributed by atoms with E-state index >= 15 is 0 Å². The summed E-state index contributed by atoms with van der Waals surface area (Å²) < 4.78 is 39.4. The highest BCUT2D eigenvalue weighted by molar-refractivity contribution is 7.92. The first-order chi connectivity index (χ1) is 15.4. The highest BCUT2D eigenvalue weighted by Crippen LogP contribution is 2.20. The first-order valence-corrected chi connectivity index (χ1v) is 12.6. The summed E-state index contributed by atoms with van der Waals surface area (Å²) in [5, 5.41) is 2.81. The van der Waals surface area contributed by atoms with Crippen LogP contribution in [-0.2, 0) is 26.2 Å². The fourth-order valence-corrected chi connectivity index (χ4v) is 4.06. The molecule has 0 bridgehead atoms. The number of amides is 2. The summed E-state index contributed by atoms with van der Waals surface area (Å²) in [5.74, 6) is -1.08. The Hall–Kier alpha value is -2.94. The van der Waals surface area contributed by atoms with Crippen molar-refractivity contribution in [2.24, 2.45) is 5.92 Å². The molecule has 0 aromatic heterocycles. The van der Waals surface area contributed by atoms with Crippen LogP contribution in [0.15, 0.2) is 48.5 Å². The van der Waals surface area contributed by atoms with Gasteiger partial charge < -0.3 is 10.2 Å². The van der Waals surface area contributed by atoms with E-state index in [1.807, 2.05) is 26.8 Å². The highest BCUT2D eigenvalue weighted by Gasteiger charge is 2.30. The summed E-state index contributed by atoms with van der Waals surface area (Å²) in [6.45, 7) is 7.34. The maximum Gasteiger partial charge on any atom is 0.244 e. The molecule has 0 saturated heterocycles. The Morgan fingerprint density at radius 1 is 1.06 bits per heavy atom. The molecule has 0 fully saturated rings. The van der Waals surface area contributed by atoms with Gasteiger partial charge in [-0.2, -0.15) is 0 Å². The predicted octanol–water partition coefficient (Wildman–Crippen LogP) is 3.09. The van der Waals surface area contributed by atoms with Crippen molar-refractivity contribution in [1.82, 2.24) is 10.2 Å². The second-order valence-corrected chi connectivity index (χ2v) is 10.5. The molecule has 1 N–H and O–H groups in total. The topological polar surface area (TPSA) is 86.8 Å². The van der Waals surface area contributed by atoms with Crippen LogP contribution >= 0.6 is 0 Å². The average Bonchev–Trinajstić information content (AvgIpc) is 2.73. The van der Waals surface area contributed by atoms with E-state index in [-0.39, 0.29) is 18.4 Å². The minimum absolute atomic E-state index is 0.0286. The van der Waals surface area contributed by atoms with Gasteiger partial charge in [-0.15, -0.1) is 0 Å². The van der Waals surface area contributed by atoms with Crippen molar-refractivity contribution >= 4 is 27.5 Å². The van der Waals surface area contributed by atoms with Crippen LogP contribution in [0.1, 0.15) is 31.9 Å². The molecule has 0 radical (unpaired) electrons. The summed E-state index contributed by atoms with van der Waals surface area (Å²) in [7, 11) is -3.77. The van der Waals surface area contributed by atoms with E-state index in [2.05, 4.69) is 5.32 Å². The number of nitrogens with zero attached hydrogens (tertiary/aromatic N) is 2. The largest absolute Gasteiger partial charge is 0.354 e. The molecule has 2 rings (SSSR count). The fraction of sp³-hybridized carbons (Fsp3) is 0.417. The predicted molar refractivity (Wildman–Crippen MR) is 128 cm³/mol. The van der Waals surface area contributed by atoms with Crippen LogP contribution in [0.4, 0.5) is 10.1 Å². The van der Waals surface area contributed by atoms with Crippen molar-refractivity contribution in [3.8, 4) is 0 Å². The maximum atomic E-state index is 13.4. The Labute approximate surface area is 195 Å². The molecule has 2 amide bonds. The Balaban J connectivity index is 2.35. The summed E-state index contributed by atoms with van der Waals surface area (Å²) in [4.78, 5) is 27.4. The summed E-state index contributed by atoms with van der Waals surface area (Å²) >= 11 is 0. The molecular weight excluding hydrogens is 445 g/mol. The lowest BCUT2D eigenvalue weighted by Gasteiger charge is -2.31. The van der Waals surface area contributed by atoms with Crippen molar-refractivity contribution < 1.29 is 22.4 Å². The van der Waals surface area contributed by atoms with Gasteiger partial charge in [0, 0.05) is 13.1 Å². The highest BCUT2D eigenvalue weighted by atomic mass is 32.2. The van der Waals surface area contributed by atoms with Crippen molar-refractivity contribution in [1.29, 1.82) is 0 Å². The SMILES string of the molecule is Cc1cccc(N(CC(=O)N(Cc2ccc(F)cc2)[C@H](C)C(=O)NCC(C)C)S(C)(=O)=O)c1. The van der Waals surface area contributed by atoms with Crippen molar-refractivity contribution in [2.75, 3.05) is 23.7 Å². The zero-order chi connectivity index (χ0) is 24.8. The van der Waals surface area contributed by atoms with Crippen LogP contribution in [0.25, 0.3) is 0 Å². The molecule has 0 aliphatic heterocycles. The van der Waals surface area contributed by atoms with Crippen LogP contribution in [0.3, 0.4) is 0 Å². The van der Waals surface area contributed by atoms with Crippen molar-refractivity contribution in [3.63, 3.8) is 0 Å². The molecule has 0 aliphatic rings. The van der Waals surface area contributed by atoms with Gasteiger partial charge in [-0.3, -0.25) is 13.9 Å². The van der Waals surface area contributed by atoms with Crippen LogP contribution in [0.5, 0.6) is 0 Å². The van der Waals surface area contributed by atoms with Crippen molar-refractivity contribution in [3.05, 3.63) is 65.5 Å². The van der Waals surface area contributed by atoms with E-state index in [1.165, 1.54) is 29.2 Å². The van der Waals surface area contributed by atoms with Crippen LogP contribution in [0.2, 0.25) is 0 Å². The van der Waals surface area contributed by atoms with E-state index in [9.17, 15) is 22.4 Å². The lowest BCUT2D eigenvalue weighted by Crippen LogP contribution is -2.51. The molecule has 0 unspecified atom stereocenters. The van der Waals surface area contributed by atoms with E-state index in [0.717, 1.165) is 16.1 Å². The molecule has 33 heavy (non-hydrogen) atoms. The lowest BCUT2D eigenvalue weighted by molar-refractivity contribution is -0.139. The maximum absolute atomic E-state index is 13.4. The third-order valence-corrected chi connectivity index (χ3v) is 6.23. The molecule has 2 aromatic carbocycles. The minimum Gasteiger partial charge on any atom is -0.354 e. The van der Waals surface area contributed by atoms with Gasteiger partial charge in [0.05, 0.1) is 11.9 Å². The molecular formula is C24H32FN3O4S. The van der Waals surface area contributed by atoms with Crippen LogP contribution in [0, 0.1) is 18.7 Å². The number of hydrogen-bond donors (Lipinski definition) is 1. The number of hydrogen-bond acceptors (Lipinski definition) is 4. The molecule has 180 valence electrons. The number of nitrogens with one attached hydrogen (secondary N) is 1. The molecule has 9 heteroatoms. The Bertz CT molecular complexity index is 1070. The van der Waals surface area contributed by atoms with Crippen LogP contribution < -0.4 is 9.62 Å². The van der Waals surface area contributed by atoms with Gasteiger partial charge in [-0.1, -0.05) is 38.1 Å². The van der Waals surface area contributed by atoms with Gasteiger partial charge >= 0.3 is 0 Å². The average molecular weight is 478 g/mol. The van der Waals surface area contributed by atoms with Gasteiger partial charge in [-0.25, -0.2) is 12.8 Å². The zero-order valence-electron chi connectivity index (χ0n) is 19.7. The molecule has 0 saturated carbocycles. The molecule has 1 atom stereocenters. The number of benzene rings is 2.